The molecule has 0 amide bonds. The predicted molar refractivity (Wildman–Crippen MR) is 77.0 cm³/mol. The molecule has 1 heterocycles. The van der Waals surface area contributed by atoms with Crippen LogP contribution in [0.4, 0.5) is 0 Å². The molecule has 2 N–H and O–H groups in total. The van der Waals surface area contributed by atoms with Crippen LogP contribution in [-0.4, -0.2) is 21.7 Å². The Hall–Kier alpha value is -1.68. The van der Waals surface area contributed by atoms with Crippen molar-refractivity contribution in [2.45, 2.75) is 39.2 Å². The molecule has 4 heteroatoms. The normalized spacial score (nSPS) is 12.8. The van der Waals surface area contributed by atoms with Crippen LogP contribution in [0.15, 0.2) is 30.6 Å². The van der Waals surface area contributed by atoms with Gasteiger partial charge in [0.25, 0.3) is 0 Å². The van der Waals surface area contributed by atoms with Crippen molar-refractivity contribution in [2.24, 2.45) is 0 Å². The van der Waals surface area contributed by atoms with E-state index >= 15 is 0 Å². The first-order valence-electron chi connectivity index (χ1n) is 6.84. The molecule has 19 heavy (non-hydrogen) atoms. The van der Waals surface area contributed by atoms with Crippen molar-refractivity contribution in [3.8, 4) is 0 Å². The van der Waals surface area contributed by atoms with Crippen LogP contribution in [0.1, 0.15) is 49.7 Å². The van der Waals surface area contributed by atoms with Crippen LogP contribution < -0.4 is 5.32 Å². The van der Waals surface area contributed by atoms with E-state index in [1.54, 1.807) is 6.33 Å². The Morgan fingerprint density at radius 2 is 1.79 bits per heavy atom. The van der Waals surface area contributed by atoms with Crippen molar-refractivity contribution in [1.29, 1.82) is 0 Å². The number of aromatic amines is 1. The number of hydrogen-bond acceptors (Lipinski definition) is 3. The summed E-state index contributed by atoms with van der Waals surface area (Å²) in [5, 5.41) is 10.2. The van der Waals surface area contributed by atoms with Crippen molar-refractivity contribution in [3.63, 3.8) is 0 Å². The minimum Gasteiger partial charge on any atom is -0.310 e. The summed E-state index contributed by atoms with van der Waals surface area (Å²) in [4.78, 5) is 4.11. The number of nitrogens with one attached hydrogen (secondary N) is 2. The van der Waals surface area contributed by atoms with Gasteiger partial charge in [-0.25, -0.2) is 4.98 Å². The number of aromatic nitrogens is 3. The van der Waals surface area contributed by atoms with E-state index in [2.05, 4.69) is 65.5 Å². The van der Waals surface area contributed by atoms with Gasteiger partial charge in [0.05, 0.1) is 0 Å². The predicted octanol–water partition coefficient (Wildman–Crippen LogP) is 2.82. The quantitative estimate of drug-likeness (QED) is 0.837. The van der Waals surface area contributed by atoms with E-state index in [9.17, 15) is 0 Å². The summed E-state index contributed by atoms with van der Waals surface area (Å²) in [7, 11) is 0. The summed E-state index contributed by atoms with van der Waals surface area (Å²) >= 11 is 0. The minimum absolute atomic E-state index is 0.351. The number of benzene rings is 1. The van der Waals surface area contributed by atoms with E-state index in [1.807, 2.05) is 0 Å². The van der Waals surface area contributed by atoms with Gasteiger partial charge in [0.2, 0.25) is 0 Å². The molecule has 1 unspecified atom stereocenters. The molecule has 102 valence electrons. The molecule has 0 spiro atoms. The third-order valence-electron chi connectivity index (χ3n) is 3.38. The highest BCUT2D eigenvalue weighted by molar-refractivity contribution is 5.26. The van der Waals surface area contributed by atoms with Gasteiger partial charge in [-0.3, -0.25) is 5.10 Å². The summed E-state index contributed by atoms with van der Waals surface area (Å²) < 4.78 is 0. The second-order valence-electron chi connectivity index (χ2n) is 5.18. The van der Waals surface area contributed by atoms with Gasteiger partial charge in [-0.15, -0.1) is 0 Å². The highest BCUT2D eigenvalue weighted by atomic mass is 15.2. The first kappa shape index (κ1) is 13.7. The Balaban J connectivity index is 1.83. The fourth-order valence-corrected chi connectivity index (χ4v) is 2.05. The molecule has 0 aliphatic carbocycles. The summed E-state index contributed by atoms with van der Waals surface area (Å²) in [6.45, 7) is 7.51. The van der Waals surface area contributed by atoms with E-state index in [1.165, 1.54) is 11.1 Å². The second kappa shape index (κ2) is 6.48. The van der Waals surface area contributed by atoms with Gasteiger partial charge >= 0.3 is 0 Å². The standard InChI is InChI=1S/C15H22N4/c1-11(2)13-4-6-14(7-5-13)12(3)16-9-8-15-17-10-18-19-15/h4-7,10-12,16H,8-9H2,1-3H3,(H,17,18,19). The van der Waals surface area contributed by atoms with Gasteiger partial charge in [0.1, 0.15) is 12.2 Å². The Morgan fingerprint density at radius 1 is 1.11 bits per heavy atom. The second-order valence-corrected chi connectivity index (χ2v) is 5.18. The average Bonchev–Trinajstić information content (AvgIpc) is 2.92. The van der Waals surface area contributed by atoms with Crippen molar-refractivity contribution in [3.05, 3.63) is 47.5 Å². The zero-order chi connectivity index (χ0) is 13.7. The zero-order valence-electron chi connectivity index (χ0n) is 11.9. The first-order chi connectivity index (χ1) is 9.16. The highest BCUT2D eigenvalue weighted by Crippen LogP contribution is 2.18. The largest absolute Gasteiger partial charge is 0.310 e. The summed E-state index contributed by atoms with van der Waals surface area (Å²) in [5.74, 6) is 1.51. The van der Waals surface area contributed by atoms with Crippen molar-refractivity contribution in [2.75, 3.05) is 6.54 Å². The third-order valence-corrected chi connectivity index (χ3v) is 3.38. The minimum atomic E-state index is 0.351. The average molecular weight is 258 g/mol. The number of rotatable bonds is 6. The maximum atomic E-state index is 4.11. The van der Waals surface area contributed by atoms with Crippen molar-refractivity contribution >= 4 is 0 Å². The van der Waals surface area contributed by atoms with Crippen LogP contribution in [0.25, 0.3) is 0 Å². The highest BCUT2D eigenvalue weighted by Gasteiger charge is 2.06. The molecule has 0 aliphatic rings. The number of nitrogens with zero attached hydrogens (tertiary/aromatic N) is 2. The summed E-state index contributed by atoms with van der Waals surface area (Å²) in [5.41, 5.74) is 2.71. The van der Waals surface area contributed by atoms with E-state index in [0.29, 0.717) is 12.0 Å². The van der Waals surface area contributed by atoms with Gasteiger partial charge in [-0.1, -0.05) is 38.1 Å². The molecule has 0 saturated carbocycles. The molecule has 2 aromatic rings. The van der Waals surface area contributed by atoms with Crippen LogP contribution in [0.2, 0.25) is 0 Å². The molecule has 1 aromatic carbocycles. The molecule has 1 aromatic heterocycles. The smallest absolute Gasteiger partial charge is 0.137 e. The molecule has 0 fully saturated rings. The van der Waals surface area contributed by atoms with Crippen LogP contribution in [-0.2, 0) is 6.42 Å². The summed E-state index contributed by atoms with van der Waals surface area (Å²) in [6.07, 6.45) is 2.41. The van der Waals surface area contributed by atoms with E-state index in [-0.39, 0.29) is 0 Å². The Kier molecular flexibility index (Phi) is 4.68. The molecule has 1 atom stereocenters. The molecular formula is C15H22N4. The van der Waals surface area contributed by atoms with Crippen LogP contribution >= 0.6 is 0 Å². The Bertz CT molecular complexity index is 473. The summed E-state index contributed by atoms with van der Waals surface area (Å²) in [6, 6.07) is 9.20. The number of hydrogen-bond donors (Lipinski definition) is 2. The molecule has 0 saturated heterocycles. The lowest BCUT2D eigenvalue weighted by Crippen LogP contribution is -2.21. The molecule has 2 rings (SSSR count). The van der Waals surface area contributed by atoms with E-state index in [4.69, 9.17) is 0 Å². The van der Waals surface area contributed by atoms with Gasteiger partial charge in [-0.05, 0) is 24.0 Å². The molecule has 4 nitrogen and oxygen atoms in total. The fraction of sp³-hybridized carbons (Fsp3) is 0.467. The van der Waals surface area contributed by atoms with Crippen LogP contribution in [0.5, 0.6) is 0 Å². The lowest BCUT2D eigenvalue weighted by atomic mass is 9.99. The topological polar surface area (TPSA) is 53.6 Å². The molecule has 0 radical (unpaired) electrons. The van der Waals surface area contributed by atoms with Gasteiger partial charge in [0.15, 0.2) is 0 Å². The molecule has 0 aliphatic heterocycles. The van der Waals surface area contributed by atoms with Gasteiger partial charge < -0.3 is 5.32 Å². The maximum absolute atomic E-state index is 4.11. The SMILES string of the molecule is CC(C)c1ccc(C(C)NCCc2ncn[nH]2)cc1. The lowest BCUT2D eigenvalue weighted by molar-refractivity contribution is 0.570. The van der Waals surface area contributed by atoms with Crippen LogP contribution in [0.3, 0.4) is 0 Å². The lowest BCUT2D eigenvalue weighted by Gasteiger charge is -2.15. The Morgan fingerprint density at radius 3 is 2.37 bits per heavy atom. The monoisotopic (exact) mass is 258 g/mol. The van der Waals surface area contributed by atoms with Crippen molar-refractivity contribution in [1.82, 2.24) is 20.5 Å². The Labute approximate surface area is 114 Å². The van der Waals surface area contributed by atoms with Gasteiger partial charge in [0, 0.05) is 19.0 Å². The molecule has 0 bridgehead atoms. The molecular weight excluding hydrogens is 236 g/mol. The van der Waals surface area contributed by atoms with E-state index in [0.717, 1.165) is 18.8 Å². The van der Waals surface area contributed by atoms with Crippen LogP contribution in [0, 0.1) is 0 Å². The van der Waals surface area contributed by atoms with Crippen molar-refractivity contribution < 1.29 is 0 Å². The van der Waals surface area contributed by atoms with E-state index < -0.39 is 0 Å². The maximum Gasteiger partial charge on any atom is 0.137 e. The third kappa shape index (κ3) is 3.89. The zero-order valence-corrected chi connectivity index (χ0v) is 11.9. The first-order valence-corrected chi connectivity index (χ1v) is 6.84. The fourth-order valence-electron chi connectivity index (χ4n) is 2.05. The number of H-pyrrole nitrogens is 1. The van der Waals surface area contributed by atoms with Gasteiger partial charge in [-0.2, -0.15) is 5.10 Å².